The summed E-state index contributed by atoms with van der Waals surface area (Å²) >= 11 is 0. The molecule has 0 spiro atoms. The Morgan fingerprint density at radius 1 is 0.545 bits per heavy atom. The van der Waals surface area contributed by atoms with Gasteiger partial charge in [-0.05, 0) is 89.3 Å². The molecule has 0 aliphatic carbocycles. The lowest BCUT2D eigenvalue weighted by Gasteiger charge is -2.19. The van der Waals surface area contributed by atoms with E-state index in [-0.39, 0.29) is 33.6 Å². The van der Waals surface area contributed by atoms with Crippen LogP contribution in [0.1, 0.15) is 25.3 Å². The number of unbranched alkanes of at least 4 members (excludes halogenated alkanes) is 1. The lowest BCUT2D eigenvalue weighted by atomic mass is 9.97. The van der Waals surface area contributed by atoms with Crippen LogP contribution in [0, 0.1) is 29.1 Å². The summed E-state index contributed by atoms with van der Waals surface area (Å²) in [5, 5.41) is 0. The Hall–Kier alpha value is -4.79. The SMILES string of the molecule is CCCCOc1ccc(C(F)(F)Oc2ccc(-c3ccc(-c4ccc(-c5cc(F)c(F)c(F)c5)c(F)c4)c(F)c3)cc2)cc1. The molecule has 0 unspecified atom stereocenters. The summed E-state index contributed by atoms with van der Waals surface area (Å²) in [7, 11) is 0. The minimum atomic E-state index is -3.61. The molecule has 0 radical (unpaired) electrons. The second-order valence-corrected chi connectivity index (χ2v) is 10.0. The zero-order chi connectivity index (χ0) is 31.4. The van der Waals surface area contributed by atoms with Crippen LogP contribution in [0.5, 0.6) is 11.5 Å². The maximum absolute atomic E-state index is 15.1. The molecule has 0 fully saturated rings. The molecule has 0 heterocycles. The van der Waals surface area contributed by atoms with E-state index in [1.54, 1.807) is 6.07 Å². The number of alkyl halides is 2. The van der Waals surface area contributed by atoms with Crippen LogP contribution in [-0.4, -0.2) is 6.61 Å². The van der Waals surface area contributed by atoms with Gasteiger partial charge in [-0.2, -0.15) is 8.78 Å². The topological polar surface area (TPSA) is 18.5 Å². The van der Waals surface area contributed by atoms with Gasteiger partial charge in [0.1, 0.15) is 23.1 Å². The van der Waals surface area contributed by atoms with Crippen molar-refractivity contribution in [1.29, 1.82) is 0 Å². The van der Waals surface area contributed by atoms with Crippen molar-refractivity contribution in [2.24, 2.45) is 0 Å². The van der Waals surface area contributed by atoms with Crippen LogP contribution in [0.4, 0.5) is 30.7 Å². The minimum Gasteiger partial charge on any atom is -0.494 e. The zero-order valence-corrected chi connectivity index (χ0v) is 23.3. The second kappa shape index (κ2) is 12.8. The third-order valence-corrected chi connectivity index (χ3v) is 6.93. The van der Waals surface area contributed by atoms with Gasteiger partial charge in [0, 0.05) is 11.1 Å². The van der Waals surface area contributed by atoms with Crippen LogP contribution in [0.25, 0.3) is 33.4 Å². The lowest BCUT2D eigenvalue weighted by Crippen LogP contribution is -2.21. The molecule has 0 amide bonds. The Bertz CT molecular complexity index is 1750. The first-order valence-corrected chi connectivity index (χ1v) is 13.7. The van der Waals surface area contributed by atoms with E-state index in [0.29, 0.717) is 35.6 Å². The van der Waals surface area contributed by atoms with Gasteiger partial charge >= 0.3 is 6.11 Å². The van der Waals surface area contributed by atoms with E-state index in [9.17, 15) is 26.3 Å². The predicted molar refractivity (Wildman–Crippen MR) is 154 cm³/mol. The fraction of sp³-hybridized carbons (Fsp3) is 0.143. The number of ether oxygens (including phenoxy) is 2. The largest absolute Gasteiger partial charge is 0.494 e. The molecule has 9 heteroatoms. The molecule has 0 aromatic heterocycles. The van der Waals surface area contributed by atoms with E-state index in [0.717, 1.165) is 18.9 Å². The summed E-state index contributed by atoms with van der Waals surface area (Å²) in [6.45, 7) is 2.52. The molecule has 0 atom stereocenters. The van der Waals surface area contributed by atoms with Crippen molar-refractivity contribution in [3.63, 3.8) is 0 Å². The van der Waals surface area contributed by atoms with Crippen molar-refractivity contribution in [3.05, 3.63) is 132 Å². The van der Waals surface area contributed by atoms with Crippen LogP contribution in [0.15, 0.2) is 97.1 Å². The number of hydrogen-bond donors (Lipinski definition) is 0. The summed E-state index contributed by atoms with van der Waals surface area (Å²) in [5.41, 5.74) is 0.409. The van der Waals surface area contributed by atoms with Crippen molar-refractivity contribution < 1.29 is 40.2 Å². The molecule has 5 aromatic carbocycles. The van der Waals surface area contributed by atoms with E-state index >= 15 is 4.39 Å². The summed E-state index contributed by atoms with van der Waals surface area (Å²) in [4.78, 5) is 0. The molecule has 5 aromatic rings. The fourth-order valence-electron chi connectivity index (χ4n) is 4.56. The van der Waals surface area contributed by atoms with Gasteiger partial charge in [-0.3, -0.25) is 0 Å². The highest BCUT2D eigenvalue weighted by Crippen LogP contribution is 2.35. The van der Waals surface area contributed by atoms with Crippen molar-refractivity contribution in [2.45, 2.75) is 25.9 Å². The smallest absolute Gasteiger partial charge is 0.426 e. The molecule has 0 bridgehead atoms. The van der Waals surface area contributed by atoms with Crippen molar-refractivity contribution in [2.75, 3.05) is 6.61 Å². The van der Waals surface area contributed by atoms with Gasteiger partial charge in [0.15, 0.2) is 17.5 Å². The average molecular weight is 611 g/mol. The molecule has 0 N–H and O–H groups in total. The lowest BCUT2D eigenvalue weighted by molar-refractivity contribution is -0.185. The maximum atomic E-state index is 15.1. The number of halogens is 7. The minimum absolute atomic E-state index is 0.0528. The molecule has 226 valence electrons. The highest BCUT2D eigenvalue weighted by atomic mass is 19.3. The average Bonchev–Trinajstić information content (AvgIpc) is 3.00. The maximum Gasteiger partial charge on any atom is 0.426 e. The fourth-order valence-corrected chi connectivity index (χ4v) is 4.56. The highest BCUT2D eigenvalue weighted by molar-refractivity contribution is 5.74. The monoisotopic (exact) mass is 610 g/mol. The van der Waals surface area contributed by atoms with Crippen LogP contribution in [-0.2, 0) is 6.11 Å². The Morgan fingerprint density at radius 2 is 1.05 bits per heavy atom. The third kappa shape index (κ3) is 6.72. The van der Waals surface area contributed by atoms with Crippen molar-refractivity contribution in [3.8, 4) is 44.9 Å². The van der Waals surface area contributed by atoms with Gasteiger partial charge in [-0.15, -0.1) is 0 Å². The molecule has 44 heavy (non-hydrogen) atoms. The normalized spacial score (nSPS) is 11.5. The molecule has 2 nitrogen and oxygen atoms in total. The zero-order valence-electron chi connectivity index (χ0n) is 23.3. The molecule has 0 saturated carbocycles. The quantitative estimate of drug-likeness (QED) is 0.0890. The van der Waals surface area contributed by atoms with Crippen LogP contribution in [0.2, 0.25) is 0 Å². The Morgan fingerprint density at radius 3 is 1.64 bits per heavy atom. The van der Waals surface area contributed by atoms with Gasteiger partial charge in [-0.1, -0.05) is 49.7 Å². The van der Waals surface area contributed by atoms with Gasteiger partial charge < -0.3 is 9.47 Å². The van der Waals surface area contributed by atoms with Gasteiger partial charge in [0.2, 0.25) is 0 Å². The van der Waals surface area contributed by atoms with E-state index < -0.39 is 35.2 Å². The molecule has 0 aliphatic rings. The van der Waals surface area contributed by atoms with Gasteiger partial charge in [-0.25, -0.2) is 22.0 Å². The van der Waals surface area contributed by atoms with Crippen molar-refractivity contribution in [1.82, 2.24) is 0 Å². The number of hydrogen-bond acceptors (Lipinski definition) is 2. The first-order chi connectivity index (χ1) is 21.1. The van der Waals surface area contributed by atoms with E-state index in [4.69, 9.17) is 9.47 Å². The Kier molecular flexibility index (Phi) is 8.94. The van der Waals surface area contributed by atoms with Crippen LogP contribution < -0.4 is 9.47 Å². The summed E-state index contributed by atoms with van der Waals surface area (Å²) in [5.74, 6) is -5.78. The molecular formula is C35H25F7O2. The third-order valence-electron chi connectivity index (χ3n) is 6.93. The van der Waals surface area contributed by atoms with E-state index in [1.807, 2.05) is 6.92 Å². The first-order valence-electron chi connectivity index (χ1n) is 13.7. The molecule has 0 saturated heterocycles. The summed E-state index contributed by atoms with van der Waals surface area (Å²) in [6, 6.07) is 20.2. The van der Waals surface area contributed by atoms with Gasteiger partial charge in [0.05, 0.1) is 12.2 Å². The second-order valence-electron chi connectivity index (χ2n) is 10.0. The van der Waals surface area contributed by atoms with E-state index in [1.165, 1.54) is 72.8 Å². The predicted octanol–water partition coefficient (Wildman–Crippen LogP) is 10.7. The van der Waals surface area contributed by atoms with Crippen molar-refractivity contribution >= 4 is 0 Å². The van der Waals surface area contributed by atoms with E-state index in [2.05, 4.69) is 0 Å². The van der Waals surface area contributed by atoms with Gasteiger partial charge in [0.25, 0.3) is 0 Å². The number of rotatable bonds is 10. The Labute approximate surface area is 249 Å². The summed E-state index contributed by atoms with van der Waals surface area (Å²) in [6.07, 6.45) is -1.80. The van der Waals surface area contributed by atoms with Crippen LogP contribution in [0.3, 0.4) is 0 Å². The number of benzene rings is 5. The molecule has 5 rings (SSSR count). The highest BCUT2D eigenvalue weighted by Gasteiger charge is 2.34. The molecular weight excluding hydrogens is 585 g/mol. The Balaban J connectivity index is 1.29. The first kappa shape index (κ1) is 30.7. The summed E-state index contributed by atoms with van der Waals surface area (Å²) < 4.78 is 111. The molecule has 0 aliphatic heterocycles. The standard InChI is InChI=1S/C35H25F7O2/c1-2-3-16-43-26-12-8-25(9-13-26)35(41,42)44-27-10-4-21(5-11-27)22-6-14-28(30(36)17-22)23-7-15-29(31(37)18-23)24-19-32(38)34(40)33(39)20-24/h4-15,17-20H,2-3,16H2,1H3. The van der Waals surface area contributed by atoms with Crippen LogP contribution >= 0.6 is 0 Å².